The zero-order valence-corrected chi connectivity index (χ0v) is 14.5. The molecule has 0 aliphatic carbocycles. The Morgan fingerprint density at radius 2 is 1.70 bits per heavy atom. The maximum absolute atomic E-state index is 12.7. The summed E-state index contributed by atoms with van der Waals surface area (Å²) in [5.41, 5.74) is -0.128. The Balaban J connectivity index is 2.95. The van der Waals surface area contributed by atoms with Crippen LogP contribution in [0.15, 0.2) is 24.3 Å². The summed E-state index contributed by atoms with van der Waals surface area (Å²) in [5.74, 6) is -3.05. The van der Waals surface area contributed by atoms with E-state index >= 15 is 0 Å². The van der Waals surface area contributed by atoms with Crippen molar-refractivity contribution in [2.24, 2.45) is 0 Å². The van der Waals surface area contributed by atoms with Gasteiger partial charge in [0, 0.05) is 0 Å². The Hall–Kier alpha value is -1.39. The third-order valence-corrected chi connectivity index (χ3v) is 5.75. The molecule has 0 fully saturated rings. The van der Waals surface area contributed by atoms with Crippen LogP contribution < -0.4 is 5.19 Å². The van der Waals surface area contributed by atoms with Gasteiger partial charge in [-0.3, -0.25) is 4.55 Å². The van der Waals surface area contributed by atoms with Crippen LogP contribution in [0.1, 0.15) is 10.4 Å². The fourth-order valence-corrected chi connectivity index (χ4v) is 3.50. The number of rotatable bonds is 5. The van der Waals surface area contributed by atoms with Gasteiger partial charge in [0.05, 0.1) is 13.6 Å². The number of hydrogen-bond donors (Lipinski definition) is 1. The second kappa shape index (κ2) is 6.61. The van der Waals surface area contributed by atoms with Crippen molar-refractivity contribution in [3.63, 3.8) is 0 Å². The minimum Gasteiger partial charge on any atom is -0.448 e. The van der Waals surface area contributed by atoms with E-state index in [9.17, 15) is 26.4 Å². The second-order valence-corrected chi connectivity index (χ2v) is 12.6. The Bertz CT molecular complexity index is 662. The first-order chi connectivity index (χ1) is 10.2. The average molecular weight is 370 g/mol. The summed E-state index contributed by atoms with van der Waals surface area (Å²) in [6.07, 6.45) is -8.04. The van der Waals surface area contributed by atoms with Gasteiger partial charge in [0.25, 0.3) is 10.1 Å². The number of ether oxygens (including phenoxy) is 1. The summed E-state index contributed by atoms with van der Waals surface area (Å²) >= 11 is 0. The molecule has 10 heteroatoms. The van der Waals surface area contributed by atoms with Gasteiger partial charge in [0.1, 0.15) is 5.75 Å². The van der Waals surface area contributed by atoms with Crippen molar-refractivity contribution in [3.05, 3.63) is 29.8 Å². The van der Waals surface area contributed by atoms with Crippen LogP contribution in [0.4, 0.5) is 13.2 Å². The van der Waals surface area contributed by atoms with E-state index < -0.39 is 42.2 Å². The largest absolute Gasteiger partial charge is 0.448 e. The number of benzene rings is 1. The minimum atomic E-state index is -5.11. The minimum absolute atomic E-state index is 0.128. The molecule has 0 radical (unpaired) electrons. The Morgan fingerprint density at radius 3 is 2.04 bits per heavy atom. The topological polar surface area (TPSA) is 80.7 Å². The third kappa shape index (κ3) is 6.32. The summed E-state index contributed by atoms with van der Waals surface area (Å²) in [6, 6.07) is 5.93. The maximum Gasteiger partial charge on any atom is 0.426 e. The van der Waals surface area contributed by atoms with Gasteiger partial charge < -0.3 is 4.74 Å². The van der Waals surface area contributed by atoms with Crippen molar-refractivity contribution >= 4 is 29.3 Å². The highest BCUT2D eigenvalue weighted by Gasteiger charge is 2.45. The number of halogens is 3. The molecule has 1 aromatic carbocycles. The number of alkyl halides is 3. The van der Waals surface area contributed by atoms with Gasteiger partial charge in [-0.1, -0.05) is 37.0 Å². The fourth-order valence-electron chi connectivity index (χ4n) is 1.69. The highest BCUT2D eigenvalue weighted by molar-refractivity contribution is 7.85. The molecule has 130 valence electrons. The van der Waals surface area contributed by atoms with E-state index in [0.29, 0.717) is 0 Å². The molecule has 0 aromatic heterocycles. The zero-order chi connectivity index (χ0) is 18.1. The molecule has 0 aliphatic rings. The lowest BCUT2D eigenvalue weighted by Gasteiger charge is -2.20. The van der Waals surface area contributed by atoms with Gasteiger partial charge in [0.2, 0.25) is 6.10 Å². The summed E-state index contributed by atoms with van der Waals surface area (Å²) < 4.78 is 72.1. The molecule has 0 spiro atoms. The lowest BCUT2D eigenvalue weighted by Crippen LogP contribution is -2.40. The molecule has 1 rings (SSSR count). The molecule has 0 amide bonds. The lowest BCUT2D eigenvalue weighted by atomic mass is 10.2. The quantitative estimate of drug-likeness (QED) is 0.488. The zero-order valence-electron chi connectivity index (χ0n) is 12.7. The van der Waals surface area contributed by atoms with Crippen LogP contribution >= 0.6 is 0 Å². The van der Waals surface area contributed by atoms with Crippen molar-refractivity contribution in [2.75, 3.05) is 5.75 Å². The van der Waals surface area contributed by atoms with E-state index in [2.05, 4.69) is 24.4 Å². The first kappa shape index (κ1) is 19.7. The molecular weight excluding hydrogens is 353 g/mol. The van der Waals surface area contributed by atoms with Gasteiger partial charge in [-0.25, -0.2) is 4.79 Å². The van der Waals surface area contributed by atoms with Crippen LogP contribution in [0.3, 0.4) is 0 Å². The Labute approximate surface area is 133 Å². The third-order valence-electron chi connectivity index (χ3n) is 2.96. The molecule has 1 aromatic rings. The number of carbonyl (C=O) groups is 1. The number of esters is 1. The van der Waals surface area contributed by atoms with Gasteiger partial charge in [-0.05, 0) is 12.1 Å². The van der Waals surface area contributed by atoms with E-state index in [4.69, 9.17) is 4.55 Å². The lowest BCUT2D eigenvalue weighted by molar-refractivity contribution is -0.197. The molecule has 1 atom stereocenters. The second-order valence-electron chi connectivity index (χ2n) is 6.01. The monoisotopic (exact) mass is 370 g/mol. The molecule has 1 unspecified atom stereocenters. The van der Waals surface area contributed by atoms with Crippen LogP contribution in [0.5, 0.6) is 0 Å². The van der Waals surface area contributed by atoms with Crippen molar-refractivity contribution < 1.29 is 35.7 Å². The standard InChI is InChI=1S/C13H17F3O5SSi/c1-23(2,3)10-6-4-9(5-7-10)12(17)21-11(13(14,15)16)8-22(18,19)20/h4-7,11H,8H2,1-3H3,(H,18,19,20). The summed E-state index contributed by atoms with van der Waals surface area (Å²) in [5, 5.41) is 0.999. The van der Waals surface area contributed by atoms with E-state index in [0.717, 1.165) is 5.19 Å². The van der Waals surface area contributed by atoms with E-state index in [1.54, 1.807) is 12.1 Å². The summed E-state index contributed by atoms with van der Waals surface area (Å²) in [7, 11) is -6.58. The van der Waals surface area contributed by atoms with Crippen LogP contribution in [-0.4, -0.2) is 45.0 Å². The van der Waals surface area contributed by atoms with Gasteiger partial charge in [-0.2, -0.15) is 21.6 Å². The van der Waals surface area contributed by atoms with E-state index in [-0.39, 0.29) is 5.56 Å². The van der Waals surface area contributed by atoms with Crippen molar-refractivity contribution in [1.29, 1.82) is 0 Å². The van der Waals surface area contributed by atoms with Gasteiger partial charge >= 0.3 is 12.1 Å². The van der Waals surface area contributed by atoms with Crippen molar-refractivity contribution in [2.45, 2.75) is 31.9 Å². The van der Waals surface area contributed by atoms with Crippen LogP contribution in [0.2, 0.25) is 19.6 Å². The van der Waals surface area contributed by atoms with Crippen LogP contribution in [0.25, 0.3) is 0 Å². The Kier molecular flexibility index (Phi) is 5.65. The molecule has 23 heavy (non-hydrogen) atoms. The van der Waals surface area contributed by atoms with Gasteiger partial charge in [-0.15, -0.1) is 0 Å². The van der Waals surface area contributed by atoms with Crippen molar-refractivity contribution in [1.82, 2.24) is 0 Å². The molecule has 0 aliphatic heterocycles. The molecule has 0 saturated carbocycles. The van der Waals surface area contributed by atoms with E-state index in [1.165, 1.54) is 12.1 Å². The predicted octanol–water partition coefficient (Wildman–Crippen LogP) is 2.21. The Morgan fingerprint density at radius 1 is 1.22 bits per heavy atom. The van der Waals surface area contributed by atoms with Crippen LogP contribution in [0, 0.1) is 0 Å². The summed E-state index contributed by atoms with van der Waals surface area (Å²) in [4.78, 5) is 11.8. The molecule has 0 bridgehead atoms. The normalized spacial score (nSPS) is 14.4. The summed E-state index contributed by atoms with van der Waals surface area (Å²) in [6.45, 7) is 6.18. The van der Waals surface area contributed by atoms with Gasteiger partial charge in [0.15, 0.2) is 0 Å². The molecule has 1 N–H and O–H groups in total. The number of carbonyl (C=O) groups excluding carboxylic acids is 1. The maximum atomic E-state index is 12.7. The van der Waals surface area contributed by atoms with Crippen molar-refractivity contribution in [3.8, 4) is 0 Å². The van der Waals surface area contributed by atoms with E-state index in [1.807, 2.05) is 0 Å². The molecule has 0 saturated heterocycles. The first-order valence-electron chi connectivity index (χ1n) is 6.53. The highest BCUT2D eigenvalue weighted by Crippen LogP contribution is 2.25. The SMILES string of the molecule is C[Si](C)(C)c1ccc(C(=O)OC(CS(=O)(=O)O)C(F)(F)F)cc1. The number of hydrogen-bond acceptors (Lipinski definition) is 4. The predicted molar refractivity (Wildman–Crippen MR) is 81.1 cm³/mol. The molecular formula is C13H17F3O5SSi. The fraction of sp³-hybridized carbons (Fsp3) is 0.462. The first-order valence-corrected chi connectivity index (χ1v) is 11.6. The van der Waals surface area contributed by atoms with Crippen LogP contribution in [-0.2, 0) is 14.9 Å². The smallest absolute Gasteiger partial charge is 0.426 e. The highest BCUT2D eigenvalue weighted by atomic mass is 32.2. The average Bonchev–Trinajstić information content (AvgIpc) is 2.34. The molecule has 5 nitrogen and oxygen atoms in total. The molecule has 0 heterocycles.